The SMILES string of the molecule is CC(C)c1cc(C(=O)Nc2ccc(Br)c(F)c2)cc(Cl)n1. The number of nitrogens with zero attached hydrogens (tertiary/aromatic N) is 1. The van der Waals surface area contributed by atoms with E-state index in [1.165, 1.54) is 18.2 Å². The van der Waals surface area contributed by atoms with E-state index in [9.17, 15) is 9.18 Å². The molecule has 1 N–H and O–H groups in total. The number of amides is 1. The number of rotatable bonds is 3. The molecule has 1 amide bonds. The van der Waals surface area contributed by atoms with Crippen molar-refractivity contribution in [1.29, 1.82) is 0 Å². The fourth-order valence-corrected chi connectivity index (χ4v) is 2.18. The zero-order chi connectivity index (χ0) is 15.6. The average molecular weight is 372 g/mol. The predicted molar refractivity (Wildman–Crippen MR) is 85.4 cm³/mol. The Labute approximate surface area is 135 Å². The molecule has 110 valence electrons. The number of pyridine rings is 1. The number of halogens is 3. The number of carbonyl (C=O) groups excluding carboxylic acids is 1. The third-order valence-corrected chi connectivity index (χ3v) is 3.68. The van der Waals surface area contributed by atoms with Crippen LogP contribution in [0.4, 0.5) is 10.1 Å². The molecule has 3 nitrogen and oxygen atoms in total. The fraction of sp³-hybridized carbons (Fsp3) is 0.200. The van der Waals surface area contributed by atoms with E-state index in [1.807, 2.05) is 13.8 Å². The fourth-order valence-electron chi connectivity index (χ4n) is 1.72. The number of hydrogen-bond acceptors (Lipinski definition) is 2. The van der Waals surface area contributed by atoms with Crippen LogP contribution < -0.4 is 5.32 Å². The van der Waals surface area contributed by atoms with Gasteiger partial charge in [0.05, 0.1) is 4.47 Å². The maximum absolute atomic E-state index is 13.4. The van der Waals surface area contributed by atoms with Crippen molar-refractivity contribution in [2.45, 2.75) is 19.8 Å². The van der Waals surface area contributed by atoms with Crippen LogP contribution in [0.15, 0.2) is 34.8 Å². The number of aromatic nitrogens is 1. The Morgan fingerprint density at radius 3 is 2.67 bits per heavy atom. The first-order chi connectivity index (χ1) is 9.86. The van der Waals surface area contributed by atoms with Crippen molar-refractivity contribution in [3.8, 4) is 0 Å². The Hall–Kier alpha value is -1.46. The lowest BCUT2D eigenvalue weighted by Crippen LogP contribution is -2.13. The summed E-state index contributed by atoms with van der Waals surface area (Å²) < 4.78 is 13.8. The summed E-state index contributed by atoms with van der Waals surface area (Å²) in [4.78, 5) is 16.4. The van der Waals surface area contributed by atoms with Crippen LogP contribution in [0.1, 0.15) is 35.8 Å². The van der Waals surface area contributed by atoms with Crippen molar-refractivity contribution < 1.29 is 9.18 Å². The van der Waals surface area contributed by atoms with Crippen molar-refractivity contribution in [3.05, 3.63) is 57.0 Å². The highest BCUT2D eigenvalue weighted by molar-refractivity contribution is 9.10. The van der Waals surface area contributed by atoms with Gasteiger partial charge < -0.3 is 5.32 Å². The molecular formula is C15H13BrClFN2O. The molecule has 0 unspecified atom stereocenters. The van der Waals surface area contributed by atoms with Crippen molar-refractivity contribution in [2.75, 3.05) is 5.32 Å². The van der Waals surface area contributed by atoms with Gasteiger partial charge in [0.2, 0.25) is 0 Å². The Balaban J connectivity index is 2.25. The molecule has 0 saturated carbocycles. The van der Waals surface area contributed by atoms with Gasteiger partial charge in [-0.15, -0.1) is 0 Å². The highest BCUT2D eigenvalue weighted by Gasteiger charge is 2.12. The van der Waals surface area contributed by atoms with Gasteiger partial charge in [0, 0.05) is 16.9 Å². The smallest absolute Gasteiger partial charge is 0.255 e. The molecule has 0 aliphatic rings. The van der Waals surface area contributed by atoms with Crippen molar-refractivity contribution in [1.82, 2.24) is 4.98 Å². The first kappa shape index (κ1) is 15.9. The summed E-state index contributed by atoms with van der Waals surface area (Å²) in [6.07, 6.45) is 0. The summed E-state index contributed by atoms with van der Waals surface area (Å²) in [6, 6.07) is 7.55. The quantitative estimate of drug-likeness (QED) is 0.770. The maximum Gasteiger partial charge on any atom is 0.255 e. The second kappa shape index (κ2) is 6.54. The molecular weight excluding hydrogens is 359 g/mol. The molecule has 6 heteroatoms. The van der Waals surface area contributed by atoms with Gasteiger partial charge in [-0.2, -0.15) is 0 Å². The van der Waals surface area contributed by atoms with E-state index < -0.39 is 5.82 Å². The van der Waals surface area contributed by atoms with E-state index in [-0.39, 0.29) is 17.0 Å². The molecule has 0 aliphatic carbocycles. The zero-order valence-corrected chi connectivity index (χ0v) is 13.8. The summed E-state index contributed by atoms with van der Waals surface area (Å²) in [7, 11) is 0. The molecule has 1 aromatic carbocycles. The van der Waals surface area contributed by atoms with Gasteiger partial charge in [0.15, 0.2) is 0 Å². The minimum absolute atomic E-state index is 0.153. The van der Waals surface area contributed by atoms with E-state index in [1.54, 1.807) is 12.1 Å². The Morgan fingerprint density at radius 1 is 1.33 bits per heavy atom. The topological polar surface area (TPSA) is 42.0 Å². The van der Waals surface area contributed by atoms with E-state index in [4.69, 9.17) is 11.6 Å². The van der Waals surface area contributed by atoms with Crippen LogP contribution in [0, 0.1) is 5.82 Å². The predicted octanol–water partition coefficient (Wildman–Crippen LogP) is 5.01. The van der Waals surface area contributed by atoms with Crippen LogP contribution >= 0.6 is 27.5 Å². The standard InChI is InChI=1S/C15H13BrClFN2O/c1-8(2)13-5-9(6-14(17)20-13)15(21)19-10-3-4-11(16)12(18)7-10/h3-8H,1-2H3,(H,19,21). The molecule has 0 atom stereocenters. The highest BCUT2D eigenvalue weighted by Crippen LogP contribution is 2.21. The van der Waals surface area contributed by atoms with Crippen LogP contribution in [-0.2, 0) is 0 Å². The van der Waals surface area contributed by atoms with E-state index in [0.29, 0.717) is 15.7 Å². The number of hydrogen-bond donors (Lipinski definition) is 1. The first-order valence-corrected chi connectivity index (χ1v) is 7.48. The monoisotopic (exact) mass is 370 g/mol. The first-order valence-electron chi connectivity index (χ1n) is 6.30. The molecule has 2 aromatic rings. The molecule has 0 aliphatic heterocycles. The second-order valence-corrected chi connectivity index (χ2v) is 6.08. The van der Waals surface area contributed by atoms with Gasteiger partial charge in [-0.05, 0) is 52.2 Å². The Kier molecular flexibility index (Phi) is 4.96. The Bertz CT molecular complexity index is 691. The lowest BCUT2D eigenvalue weighted by atomic mass is 10.1. The van der Waals surface area contributed by atoms with E-state index in [0.717, 1.165) is 5.69 Å². The molecule has 1 heterocycles. The lowest BCUT2D eigenvalue weighted by molar-refractivity contribution is 0.102. The Morgan fingerprint density at radius 2 is 2.05 bits per heavy atom. The van der Waals surface area contributed by atoms with Gasteiger partial charge in [0.25, 0.3) is 5.91 Å². The third-order valence-electron chi connectivity index (χ3n) is 2.85. The minimum atomic E-state index is -0.441. The molecule has 0 fully saturated rings. The summed E-state index contributed by atoms with van der Waals surface area (Å²) in [5, 5.41) is 2.89. The minimum Gasteiger partial charge on any atom is -0.322 e. The van der Waals surface area contributed by atoms with Crippen LogP contribution in [0.2, 0.25) is 5.15 Å². The van der Waals surface area contributed by atoms with Gasteiger partial charge in [-0.3, -0.25) is 4.79 Å². The normalized spacial score (nSPS) is 10.8. The molecule has 2 rings (SSSR count). The van der Waals surface area contributed by atoms with Crippen LogP contribution in [-0.4, -0.2) is 10.9 Å². The highest BCUT2D eigenvalue weighted by atomic mass is 79.9. The van der Waals surface area contributed by atoms with Gasteiger partial charge in [-0.25, -0.2) is 9.37 Å². The second-order valence-electron chi connectivity index (χ2n) is 4.84. The number of nitrogens with one attached hydrogen (secondary N) is 1. The van der Waals surface area contributed by atoms with Gasteiger partial charge in [-0.1, -0.05) is 25.4 Å². The summed E-state index contributed by atoms with van der Waals surface area (Å²) in [5.74, 6) is -0.647. The zero-order valence-electron chi connectivity index (χ0n) is 11.5. The maximum atomic E-state index is 13.4. The number of anilines is 1. The van der Waals surface area contributed by atoms with Crippen molar-refractivity contribution >= 4 is 39.1 Å². The van der Waals surface area contributed by atoms with Crippen LogP contribution in [0.3, 0.4) is 0 Å². The largest absolute Gasteiger partial charge is 0.322 e. The molecule has 1 aromatic heterocycles. The molecule has 21 heavy (non-hydrogen) atoms. The van der Waals surface area contributed by atoms with Crippen LogP contribution in [0.5, 0.6) is 0 Å². The van der Waals surface area contributed by atoms with Crippen LogP contribution in [0.25, 0.3) is 0 Å². The third kappa shape index (κ3) is 4.02. The molecule has 0 saturated heterocycles. The average Bonchev–Trinajstić information content (AvgIpc) is 2.42. The molecule has 0 bridgehead atoms. The van der Waals surface area contributed by atoms with Crippen molar-refractivity contribution in [3.63, 3.8) is 0 Å². The number of benzene rings is 1. The van der Waals surface area contributed by atoms with E-state index in [2.05, 4.69) is 26.2 Å². The van der Waals surface area contributed by atoms with E-state index >= 15 is 0 Å². The summed E-state index contributed by atoms with van der Waals surface area (Å²) in [6.45, 7) is 3.93. The van der Waals surface area contributed by atoms with Gasteiger partial charge in [0.1, 0.15) is 11.0 Å². The lowest BCUT2D eigenvalue weighted by Gasteiger charge is -2.09. The molecule has 0 radical (unpaired) electrons. The summed E-state index contributed by atoms with van der Waals surface area (Å²) >= 11 is 8.99. The number of carbonyl (C=O) groups is 1. The molecule has 0 spiro atoms. The summed E-state index contributed by atoms with van der Waals surface area (Å²) in [5.41, 5.74) is 1.50. The van der Waals surface area contributed by atoms with Crippen molar-refractivity contribution in [2.24, 2.45) is 0 Å². The van der Waals surface area contributed by atoms with Gasteiger partial charge >= 0.3 is 0 Å².